The van der Waals surface area contributed by atoms with Crippen molar-refractivity contribution in [2.24, 2.45) is 11.5 Å². The van der Waals surface area contributed by atoms with Crippen LogP contribution in [0.1, 0.15) is 65.8 Å². The lowest BCUT2D eigenvalue weighted by molar-refractivity contribution is -0.368. The number of aromatic hydroxyl groups is 1. The highest BCUT2D eigenvalue weighted by atomic mass is 16.4. The van der Waals surface area contributed by atoms with E-state index in [4.69, 9.17) is 15.9 Å². The number of fused-ring (bicyclic) bond motifs is 2. The molecule has 452 valence electrons. The van der Waals surface area contributed by atoms with E-state index < -0.39 is 163 Å². The number of nitrogens with two attached hydrogens (primary N) is 2. The Morgan fingerprint density at radius 2 is 1.26 bits per heavy atom. The number of aliphatic carboxylic acids is 1. The second-order valence-electron chi connectivity index (χ2n) is 19.4. The minimum atomic E-state index is -2.06. The number of aliphatic hydroxyl groups is 2. The predicted octanol–water partition coefficient (Wildman–Crippen LogP) is -4.41. The second kappa shape index (κ2) is 30.1. The number of nitrogens with one attached hydrogen (secondary N) is 8. The van der Waals surface area contributed by atoms with Crippen LogP contribution in [0.4, 0.5) is 0 Å². The first kappa shape index (κ1) is 65.5. The van der Waals surface area contributed by atoms with E-state index in [2.05, 4.69) is 48.3 Å². The Kier molecular flexibility index (Phi) is 23.2. The quantitative estimate of drug-likeness (QED) is 0.0193. The Hall–Kier alpha value is -10.3. The fourth-order valence-corrected chi connectivity index (χ4v) is 8.56. The van der Waals surface area contributed by atoms with Crippen LogP contribution in [0, 0.1) is 0 Å². The summed E-state index contributed by atoms with van der Waals surface area (Å²) in [5.74, 6) is -14.1. The molecule has 3 aromatic rings. The molecule has 2 aliphatic rings. The van der Waals surface area contributed by atoms with Crippen LogP contribution in [0.25, 0.3) is 33.4 Å². The maximum atomic E-state index is 13.8. The molecule has 3 aromatic carbocycles. The van der Waals surface area contributed by atoms with Gasteiger partial charge in [-0.2, -0.15) is 0 Å². The van der Waals surface area contributed by atoms with Gasteiger partial charge in [0, 0.05) is 53.5 Å². The van der Waals surface area contributed by atoms with Gasteiger partial charge in [-0.1, -0.05) is 36.4 Å². The van der Waals surface area contributed by atoms with Crippen LogP contribution in [-0.2, 0) is 54.4 Å². The molecular formula is C55H64N11O19+. The molecular weight excluding hydrogens is 1120 g/mol. The number of primary amides is 2. The molecule has 0 saturated heterocycles. The average Bonchev–Trinajstić information content (AvgIpc) is 2.02. The number of aromatic carboxylic acids is 1. The van der Waals surface area contributed by atoms with Crippen LogP contribution in [0.15, 0.2) is 94.1 Å². The number of quaternary nitrogens is 1. The number of carboxylic acid groups (broad SMARTS) is 2. The van der Waals surface area contributed by atoms with E-state index in [-0.39, 0.29) is 53.2 Å². The summed E-state index contributed by atoms with van der Waals surface area (Å²) in [6.45, 7) is 0.305. The van der Waals surface area contributed by atoms with Crippen molar-refractivity contribution >= 4 is 82.0 Å². The van der Waals surface area contributed by atoms with Gasteiger partial charge in [0.2, 0.25) is 53.2 Å². The van der Waals surface area contributed by atoms with Crippen LogP contribution >= 0.6 is 0 Å². The Labute approximate surface area is 482 Å². The van der Waals surface area contributed by atoms with Crippen LogP contribution < -0.4 is 65.2 Å². The van der Waals surface area contributed by atoms with E-state index in [1.807, 2.05) is 0 Å². The second-order valence-corrected chi connectivity index (χ2v) is 19.4. The summed E-state index contributed by atoms with van der Waals surface area (Å²) in [5, 5.41) is 69.0. The van der Waals surface area contributed by atoms with E-state index in [0.717, 1.165) is 6.07 Å². The Morgan fingerprint density at radius 3 is 1.87 bits per heavy atom. The molecule has 0 fully saturated rings. The van der Waals surface area contributed by atoms with Crippen molar-refractivity contribution in [1.29, 1.82) is 0 Å². The zero-order valence-electron chi connectivity index (χ0n) is 45.7. The molecule has 8 atom stereocenters. The summed E-state index contributed by atoms with van der Waals surface area (Å²) in [5.41, 5.74) is 14.8. The summed E-state index contributed by atoms with van der Waals surface area (Å²) in [4.78, 5) is 168. The first-order chi connectivity index (χ1) is 40.2. The highest BCUT2D eigenvalue weighted by molar-refractivity contribution is 6.09. The van der Waals surface area contributed by atoms with Crippen molar-refractivity contribution < 1.29 is 93.2 Å². The van der Waals surface area contributed by atoms with Gasteiger partial charge < -0.3 is 89.7 Å². The molecule has 1 aliphatic carbocycles. The number of benzene rings is 4. The largest absolute Gasteiger partial charge is 0.508 e. The molecule has 10 amide bonds. The Bertz CT molecular complexity index is 3390. The van der Waals surface area contributed by atoms with Gasteiger partial charge in [-0.05, 0) is 67.8 Å². The van der Waals surface area contributed by atoms with Gasteiger partial charge in [-0.3, -0.25) is 57.5 Å². The number of carboxylic acids is 2. The maximum absolute atomic E-state index is 13.8. The third kappa shape index (κ3) is 18.3. The van der Waals surface area contributed by atoms with Gasteiger partial charge in [-0.25, -0.2) is 4.79 Å². The van der Waals surface area contributed by atoms with E-state index in [1.165, 1.54) is 62.4 Å². The number of aliphatic hydroxyl groups excluding tert-OH is 2. The zero-order chi connectivity index (χ0) is 62.8. The van der Waals surface area contributed by atoms with Gasteiger partial charge in [0.15, 0.2) is 5.43 Å². The Morgan fingerprint density at radius 1 is 0.647 bits per heavy atom. The van der Waals surface area contributed by atoms with E-state index >= 15 is 0 Å². The molecule has 85 heavy (non-hydrogen) atoms. The van der Waals surface area contributed by atoms with Gasteiger partial charge >= 0.3 is 11.9 Å². The Balaban J connectivity index is 1.22. The third-order valence-electron chi connectivity index (χ3n) is 12.9. The highest BCUT2D eigenvalue weighted by Crippen LogP contribution is 2.42. The normalized spacial score (nSPS) is 13.8. The van der Waals surface area contributed by atoms with Gasteiger partial charge in [-0.15, -0.1) is 0 Å². The van der Waals surface area contributed by atoms with Crippen molar-refractivity contribution in [2.75, 3.05) is 19.7 Å². The van der Waals surface area contributed by atoms with E-state index in [9.17, 15) is 87.9 Å². The van der Waals surface area contributed by atoms with Crippen molar-refractivity contribution in [1.82, 2.24) is 42.5 Å². The first-order valence-corrected chi connectivity index (χ1v) is 26.1. The summed E-state index contributed by atoms with van der Waals surface area (Å²) in [6, 6.07) is 8.34. The van der Waals surface area contributed by atoms with Gasteiger partial charge in [0.1, 0.15) is 59.4 Å². The number of carbonyl (C=O) groups excluding carboxylic acids is 10. The van der Waals surface area contributed by atoms with Crippen LogP contribution in [-0.4, -0.2) is 165 Å². The molecule has 0 unspecified atom stereocenters. The van der Waals surface area contributed by atoms with Crippen LogP contribution in [0.2, 0.25) is 0 Å². The van der Waals surface area contributed by atoms with Crippen molar-refractivity contribution in [2.45, 2.75) is 94.3 Å². The fraction of sp³-hybridized carbons (Fsp3) is 0.327. The third-order valence-corrected chi connectivity index (χ3v) is 12.9. The van der Waals surface area contributed by atoms with Crippen molar-refractivity contribution in [3.8, 4) is 28.2 Å². The van der Waals surface area contributed by atoms with Gasteiger partial charge in [0.05, 0.1) is 37.8 Å². The molecule has 20 N–H and O–H groups in total. The number of amides is 10. The smallest absolute Gasteiger partial charge is 0.336 e. The number of hydrogen-bond acceptors (Lipinski definition) is 17. The van der Waals surface area contributed by atoms with E-state index in [0.29, 0.717) is 16.5 Å². The fourth-order valence-electron chi connectivity index (χ4n) is 8.56. The minimum Gasteiger partial charge on any atom is -0.508 e. The summed E-state index contributed by atoms with van der Waals surface area (Å²) < 4.78 is 5.83. The van der Waals surface area contributed by atoms with Crippen LogP contribution in [0.5, 0.6) is 5.75 Å². The standard InChI is InChI=1S/C55H63N11O19/c1-25(48(76)66-46(26(2)68)54(82)64-37(47(58)75)18-27-6-4-3-5-7-27)60-50(78)36(16-17-56)63-51(79)35(14-15-42(57)71)62-52(80)38(22-44(73)74)65-53(81)39(24-67)61-43(72)23-59-49(77)28-8-11-31(34(19-28)55(83)84)45-32-12-9-29(69)20-40(32)85-41-21-30(70)10-13-33(41)45/h3-13,19-21,25-26,35-39,46,67-69H,14-18,22-24,56H2,1-2H3,(H2,57,71)(H2,58,75)(H,59,77)(H,60,78)(H,61,72)(H,62,80)(H,63,79)(H,64,82)(H,65,81)(H,66,76)(H,73,74)(H,83,84)/p+1/t25-,26+,35-,36-,37-,38-,39-,46-/m0/s1. The summed E-state index contributed by atoms with van der Waals surface area (Å²) in [6.07, 6.45) is -4.04. The molecule has 1 aliphatic heterocycles. The number of carbonyl (C=O) groups is 12. The maximum Gasteiger partial charge on any atom is 0.336 e. The molecule has 1 heterocycles. The number of rotatable bonds is 30. The number of hydrogen-bond donors (Lipinski definition) is 16. The van der Waals surface area contributed by atoms with Crippen molar-refractivity contribution in [3.05, 3.63) is 112 Å². The first-order valence-electron chi connectivity index (χ1n) is 26.1. The predicted molar refractivity (Wildman–Crippen MR) is 296 cm³/mol. The number of phenols is 1. The molecule has 0 bridgehead atoms. The van der Waals surface area contributed by atoms with Gasteiger partial charge in [0.25, 0.3) is 5.91 Å². The number of phenolic OH excluding ortho intramolecular Hbond substituents is 1. The molecule has 5 rings (SSSR count). The topological polar surface area (TPSA) is 512 Å². The lowest BCUT2D eigenvalue weighted by Gasteiger charge is -2.27. The molecule has 30 nitrogen and oxygen atoms in total. The lowest BCUT2D eigenvalue weighted by Crippen LogP contribution is -2.62. The minimum absolute atomic E-state index is 0.0154. The molecule has 30 heteroatoms. The lowest BCUT2D eigenvalue weighted by atomic mass is 9.90. The SMILES string of the molecule is C[C@H](NC(=O)[C@H](CC[NH3+])NC(=O)[C@H](CCC(N)=O)NC(=O)[C@H](CC(=O)O)NC(=O)[C@H](CO)NC(=O)CNC(=O)c1ccc(-c2c3ccc(=O)cc-3oc3cc(O)ccc23)c(C(=O)O)c1)C(=O)N[C@H](C(=O)N[C@@H](Cc1ccccc1)C(N)=O)[C@@H](C)O. The zero-order valence-corrected chi connectivity index (χ0v) is 45.7. The molecule has 0 radical (unpaired) electrons. The summed E-state index contributed by atoms with van der Waals surface area (Å²) in [7, 11) is 0. The molecule has 0 saturated carbocycles. The van der Waals surface area contributed by atoms with E-state index in [1.54, 1.807) is 30.3 Å². The average molecular weight is 1180 g/mol. The molecule has 0 aromatic heterocycles. The van der Waals surface area contributed by atoms with Crippen molar-refractivity contribution in [3.63, 3.8) is 0 Å². The van der Waals surface area contributed by atoms with Crippen LogP contribution in [0.3, 0.4) is 0 Å². The summed E-state index contributed by atoms with van der Waals surface area (Å²) >= 11 is 0. The monoisotopic (exact) mass is 1180 g/mol. The molecule has 0 spiro atoms. The highest BCUT2D eigenvalue weighted by Gasteiger charge is 2.35.